The molecule has 1 aromatic carbocycles. The Morgan fingerprint density at radius 1 is 1.38 bits per heavy atom. The second-order valence-corrected chi connectivity index (χ2v) is 7.05. The van der Waals surface area contributed by atoms with Crippen molar-refractivity contribution in [3.63, 3.8) is 0 Å². The van der Waals surface area contributed by atoms with Crippen LogP contribution in [0.3, 0.4) is 0 Å². The van der Waals surface area contributed by atoms with Crippen molar-refractivity contribution in [1.29, 1.82) is 0 Å². The minimum absolute atomic E-state index is 0.0980. The number of aromatic nitrogens is 1. The number of likely N-dealkylation sites (tertiary alicyclic amines) is 1. The highest BCUT2D eigenvalue weighted by molar-refractivity contribution is 7.13. The summed E-state index contributed by atoms with van der Waals surface area (Å²) in [6.07, 6.45) is 1.17. The van der Waals surface area contributed by atoms with Crippen molar-refractivity contribution in [3.8, 4) is 0 Å². The van der Waals surface area contributed by atoms with Gasteiger partial charge in [-0.15, -0.1) is 11.3 Å². The number of thiazole rings is 1. The van der Waals surface area contributed by atoms with Gasteiger partial charge in [-0.25, -0.2) is 9.37 Å². The van der Waals surface area contributed by atoms with Crippen LogP contribution < -0.4 is 5.73 Å². The summed E-state index contributed by atoms with van der Waals surface area (Å²) in [6.45, 7) is 2.72. The highest BCUT2D eigenvalue weighted by Crippen LogP contribution is 2.25. The molecule has 3 rings (SSSR count). The van der Waals surface area contributed by atoms with Crippen molar-refractivity contribution < 1.29 is 14.0 Å². The Hall–Kier alpha value is -2.28. The predicted molar refractivity (Wildman–Crippen MR) is 89.3 cm³/mol. The van der Waals surface area contributed by atoms with E-state index < -0.39 is 0 Å². The van der Waals surface area contributed by atoms with E-state index in [1.807, 2.05) is 0 Å². The van der Waals surface area contributed by atoms with Crippen molar-refractivity contribution in [2.75, 3.05) is 13.1 Å². The molecule has 24 heavy (non-hydrogen) atoms. The minimum Gasteiger partial charge on any atom is -0.369 e. The highest BCUT2D eigenvalue weighted by Gasteiger charge is 2.31. The molecule has 2 heterocycles. The number of carbonyl (C=O) groups excluding carboxylic acids is 2. The summed E-state index contributed by atoms with van der Waals surface area (Å²) < 4.78 is 13.0. The van der Waals surface area contributed by atoms with Gasteiger partial charge in [0.15, 0.2) is 0 Å². The first-order valence-corrected chi connectivity index (χ1v) is 8.55. The molecule has 0 bridgehead atoms. The first-order valence-electron chi connectivity index (χ1n) is 7.73. The number of rotatable bonds is 4. The Morgan fingerprint density at radius 2 is 2.08 bits per heavy atom. The van der Waals surface area contributed by atoms with E-state index in [4.69, 9.17) is 5.73 Å². The smallest absolute Gasteiger partial charge is 0.265 e. The summed E-state index contributed by atoms with van der Waals surface area (Å²) in [5, 5.41) is 0.813. The van der Waals surface area contributed by atoms with Crippen LogP contribution in [0.15, 0.2) is 24.3 Å². The van der Waals surface area contributed by atoms with Gasteiger partial charge >= 0.3 is 0 Å². The lowest BCUT2D eigenvalue weighted by Gasteiger charge is -2.14. The number of carbonyl (C=O) groups is 2. The monoisotopic (exact) mass is 347 g/mol. The largest absolute Gasteiger partial charge is 0.369 e. The van der Waals surface area contributed by atoms with Gasteiger partial charge in [0, 0.05) is 19.5 Å². The van der Waals surface area contributed by atoms with Gasteiger partial charge in [0.1, 0.15) is 10.7 Å². The molecule has 0 radical (unpaired) electrons. The van der Waals surface area contributed by atoms with Crippen molar-refractivity contribution in [1.82, 2.24) is 9.88 Å². The number of halogens is 1. The molecule has 2 N–H and O–H groups in total. The second-order valence-electron chi connectivity index (χ2n) is 5.96. The van der Waals surface area contributed by atoms with Crippen molar-refractivity contribution in [2.45, 2.75) is 19.8 Å². The van der Waals surface area contributed by atoms with Crippen molar-refractivity contribution in [2.24, 2.45) is 11.7 Å². The Kier molecular flexibility index (Phi) is 4.62. The summed E-state index contributed by atoms with van der Waals surface area (Å²) in [5.74, 6) is -0.994. The number of hydrogen-bond donors (Lipinski definition) is 1. The number of hydrogen-bond acceptors (Lipinski definition) is 4. The molecule has 1 atom stereocenters. The maximum absolute atomic E-state index is 13.0. The number of nitrogens with zero attached hydrogens (tertiary/aromatic N) is 2. The summed E-state index contributed by atoms with van der Waals surface area (Å²) in [7, 11) is 0. The van der Waals surface area contributed by atoms with Crippen LogP contribution in [0.5, 0.6) is 0 Å². The van der Waals surface area contributed by atoms with Crippen LogP contribution in [0, 0.1) is 18.7 Å². The van der Waals surface area contributed by atoms with E-state index in [-0.39, 0.29) is 23.5 Å². The Morgan fingerprint density at radius 3 is 2.71 bits per heavy atom. The lowest BCUT2D eigenvalue weighted by molar-refractivity contribution is -0.121. The zero-order chi connectivity index (χ0) is 17.3. The van der Waals surface area contributed by atoms with Gasteiger partial charge in [-0.05, 0) is 31.0 Å². The molecule has 1 aromatic heterocycles. The molecule has 0 spiro atoms. The quantitative estimate of drug-likeness (QED) is 0.920. The van der Waals surface area contributed by atoms with Crippen molar-refractivity contribution in [3.05, 3.63) is 51.2 Å². The summed E-state index contributed by atoms with van der Waals surface area (Å²) in [5.41, 5.74) is 6.94. The van der Waals surface area contributed by atoms with Gasteiger partial charge in [-0.2, -0.15) is 0 Å². The topological polar surface area (TPSA) is 76.3 Å². The zero-order valence-corrected chi connectivity index (χ0v) is 14.1. The predicted octanol–water partition coefficient (Wildman–Crippen LogP) is 2.13. The molecule has 5 nitrogen and oxygen atoms in total. The van der Waals surface area contributed by atoms with Crippen LogP contribution in [0.1, 0.15) is 32.4 Å². The van der Waals surface area contributed by atoms with Gasteiger partial charge in [0.25, 0.3) is 5.91 Å². The maximum Gasteiger partial charge on any atom is 0.265 e. The number of amides is 2. The van der Waals surface area contributed by atoms with E-state index in [9.17, 15) is 14.0 Å². The van der Waals surface area contributed by atoms with Crippen molar-refractivity contribution >= 4 is 23.2 Å². The molecule has 0 unspecified atom stereocenters. The highest BCUT2D eigenvalue weighted by atomic mass is 32.1. The van der Waals surface area contributed by atoms with Gasteiger partial charge in [-0.1, -0.05) is 12.1 Å². The molecule has 1 aliphatic heterocycles. The fraction of sp³-hybridized carbons (Fsp3) is 0.353. The van der Waals surface area contributed by atoms with E-state index in [1.54, 1.807) is 24.0 Å². The Balaban J connectivity index is 1.73. The van der Waals surface area contributed by atoms with Crippen LogP contribution in [-0.4, -0.2) is 34.8 Å². The molecular formula is C17H18FN3O2S. The number of nitrogens with two attached hydrogens (primary N) is 1. The van der Waals surface area contributed by atoms with Gasteiger partial charge < -0.3 is 10.6 Å². The van der Waals surface area contributed by atoms with Crippen LogP contribution >= 0.6 is 11.3 Å². The minimum atomic E-state index is -0.358. The number of aryl methyl sites for hydroxylation is 1. The van der Waals surface area contributed by atoms with E-state index >= 15 is 0 Å². The molecular weight excluding hydrogens is 329 g/mol. The average molecular weight is 347 g/mol. The molecule has 2 amide bonds. The van der Waals surface area contributed by atoms with E-state index in [1.165, 1.54) is 23.5 Å². The second kappa shape index (κ2) is 6.68. The summed E-state index contributed by atoms with van der Waals surface area (Å²) >= 11 is 1.35. The van der Waals surface area contributed by atoms with E-state index in [2.05, 4.69) is 4.98 Å². The Bertz CT molecular complexity index is 773. The normalized spacial score (nSPS) is 17.2. The third-order valence-corrected chi connectivity index (χ3v) is 5.33. The fourth-order valence-corrected chi connectivity index (χ4v) is 3.89. The van der Waals surface area contributed by atoms with Gasteiger partial charge in [0.2, 0.25) is 5.91 Å². The lowest BCUT2D eigenvalue weighted by atomic mass is 10.1. The third-order valence-electron chi connectivity index (χ3n) is 4.18. The molecule has 126 valence electrons. The molecule has 1 fully saturated rings. The van der Waals surface area contributed by atoms with Gasteiger partial charge in [0.05, 0.1) is 16.6 Å². The van der Waals surface area contributed by atoms with Crippen LogP contribution in [0.2, 0.25) is 0 Å². The first-order chi connectivity index (χ1) is 11.4. The van der Waals surface area contributed by atoms with Gasteiger partial charge in [-0.3, -0.25) is 9.59 Å². The molecule has 0 aliphatic carbocycles. The van der Waals surface area contributed by atoms with Crippen LogP contribution in [0.4, 0.5) is 4.39 Å². The fourth-order valence-electron chi connectivity index (χ4n) is 2.82. The molecule has 1 saturated heterocycles. The molecule has 2 aromatic rings. The first kappa shape index (κ1) is 16.6. The zero-order valence-electron chi connectivity index (χ0n) is 13.3. The molecule has 7 heteroatoms. The lowest BCUT2D eigenvalue weighted by Crippen LogP contribution is -2.31. The molecule has 0 saturated carbocycles. The number of primary amides is 1. The van der Waals surface area contributed by atoms with E-state index in [0.717, 1.165) is 10.6 Å². The summed E-state index contributed by atoms with van der Waals surface area (Å²) in [6, 6.07) is 6.25. The number of benzene rings is 1. The molecule has 1 aliphatic rings. The summed E-state index contributed by atoms with van der Waals surface area (Å²) in [4.78, 5) is 30.6. The average Bonchev–Trinajstić information content (AvgIpc) is 3.16. The Labute approximate surface area is 143 Å². The van der Waals surface area contributed by atoms with Crippen LogP contribution in [0.25, 0.3) is 0 Å². The maximum atomic E-state index is 13.0. The standard InChI is InChI=1S/C17H18FN3O2S/c1-10-15(17(23)21-7-6-12(9-21)16(19)22)24-14(20-10)8-11-2-4-13(18)5-3-11/h2-5,12H,6-9H2,1H3,(H2,19,22)/t12-/m1/s1. The SMILES string of the molecule is Cc1nc(Cc2ccc(F)cc2)sc1C(=O)N1CC[C@@H](C(N)=O)C1. The third kappa shape index (κ3) is 3.46. The van der Waals surface area contributed by atoms with Crippen LogP contribution in [-0.2, 0) is 11.2 Å². The van der Waals surface area contributed by atoms with E-state index in [0.29, 0.717) is 36.5 Å².